The highest BCUT2D eigenvalue weighted by atomic mass is 32.2. The zero-order valence-electron chi connectivity index (χ0n) is 10.4. The molecule has 1 aliphatic carbocycles. The van der Waals surface area contributed by atoms with Gasteiger partial charge in [0.25, 0.3) is 0 Å². The summed E-state index contributed by atoms with van der Waals surface area (Å²) in [6, 6.07) is 0. The van der Waals surface area contributed by atoms with Crippen molar-refractivity contribution in [1.82, 2.24) is 15.5 Å². The number of nitrogens with zero attached hydrogens (tertiary/aromatic N) is 3. The van der Waals surface area contributed by atoms with Crippen LogP contribution in [0, 0.1) is 0 Å². The Morgan fingerprint density at radius 2 is 2.00 bits per heavy atom. The minimum absolute atomic E-state index is 0.466. The van der Waals surface area contributed by atoms with Crippen LogP contribution in [0.5, 0.6) is 0 Å². The second-order valence-corrected chi connectivity index (χ2v) is 5.78. The van der Waals surface area contributed by atoms with Crippen LogP contribution in [0.1, 0.15) is 50.3 Å². The monoisotopic (exact) mass is 266 g/mol. The molecule has 6 heteroatoms. The normalized spacial score (nSPS) is 21.4. The van der Waals surface area contributed by atoms with Crippen LogP contribution in [-0.4, -0.2) is 28.4 Å². The van der Waals surface area contributed by atoms with Crippen LogP contribution in [0.4, 0.5) is 0 Å². The van der Waals surface area contributed by atoms with Gasteiger partial charge in [0.2, 0.25) is 11.0 Å². The van der Waals surface area contributed by atoms with E-state index < -0.39 is 0 Å². The highest BCUT2D eigenvalue weighted by Crippen LogP contribution is 2.31. The van der Waals surface area contributed by atoms with Crippen molar-refractivity contribution in [3.05, 3.63) is 5.89 Å². The molecule has 5 nitrogen and oxygen atoms in total. The fourth-order valence-corrected chi connectivity index (χ4v) is 3.20. The minimum atomic E-state index is 0.466. The van der Waals surface area contributed by atoms with Gasteiger partial charge in [-0.3, -0.25) is 4.99 Å². The van der Waals surface area contributed by atoms with E-state index in [1.165, 1.54) is 50.3 Å². The number of amidine groups is 1. The first kappa shape index (κ1) is 12.0. The lowest BCUT2D eigenvalue weighted by atomic mass is 10.0. The van der Waals surface area contributed by atoms with E-state index in [0.717, 1.165) is 24.1 Å². The van der Waals surface area contributed by atoms with E-state index in [-0.39, 0.29) is 0 Å². The SMILES string of the molecule is C1CCCC(c2nc(SC3=NCCN3)no2)CC1. The molecule has 1 aliphatic heterocycles. The van der Waals surface area contributed by atoms with Crippen LogP contribution >= 0.6 is 11.8 Å². The molecule has 1 aromatic rings. The Labute approximate surface area is 111 Å². The fourth-order valence-electron chi connectivity index (χ4n) is 2.49. The van der Waals surface area contributed by atoms with E-state index in [1.807, 2.05) is 0 Å². The van der Waals surface area contributed by atoms with Crippen LogP contribution in [-0.2, 0) is 0 Å². The molecule has 0 amide bonds. The first-order valence-corrected chi connectivity index (χ1v) is 7.53. The van der Waals surface area contributed by atoms with Crippen molar-refractivity contribution in [2.45, 2.75) is 49.6 Å². The maximum absolute atomic E-state index is 5.41. The zero-order valence-corrected chi connectivity index (χ0v) is 11.2. The van der Waals surface area contributed by atoms with Crippen molar-refractivity contribution in [2.75, 3.05) is 13.1 Å². The topological polar surface area (TPSA) is 63.3 Å². The van der Waals surface area contributed by atoms with Gasteiger partial charge in [-0.1, -0.05) is 25.7 Å². The van der Waals surface area contributed by atoms with Crippen molar-refractivity contribution in [1.29, 1.82) is 0 Å². The Balaban J connectivity index is 1.64. The molecule has 1 saturated carbocycles. The first-order chi connectivity index (χ1) is 8.92. The van der Waals surface area contributed by atoms with Crippen LogP contribution in [0.25, 0.3) is 0 Å². The summed E-state index contributed by atoms with van der Waals surface area (Å²) < 4.78 is 5.41. The van der Waals surface area contributed by atoms with E-state index >= 15 is 0 Å². The van der Waals surface area contributed by atoms with Crippen molar-refractivity contribution < 1.29 is 4.52 Å². The molecule has 0 aromatic carbocycles. The van der Waals surface area contributed by atoms with Gasteiger partial charge in [-0.2, -0.15) is 4.98 Å². The number of rotatable bonds is 2. The van der Waals surface area contributed by atoms with Gasteiger partial charge in [-0.05, 0) is 29.8 Å². The Morgan fingerprint density at radius 3 is 2.72 bits per heavy atom. The smallest absolute Gasteiger partial charge is 0.237 e. The lowest BCUT2D eigenvalue weighted by Crippen LogP contribution is -2.14. The van der Waals surface area contributed by atoms with E-state index in [1.54, 1.807) is 0 Å². The quantitative estimate of drug-likeness (QED) is 0.833. The summed E-state index contributed by atoms with van der Waals surface area (Å²) in [4.78, 5) is 8.82. The average molecular weight is 266 g/mol. The van der Waals surface area contributed by atoms with Gasteiger partial charge in [-0.15, -0.1) is 0 Å². The summed E-state index contributed by atoms with van der Waals surface area (Å²) in [5, 5.41) is 8.83. The van der Waals surface area contributed by atoms with Gasteiger partial charge in [0, 0.05) is 12.5 Å². The summed E-state index contributed by atoms with van der Waals surface area (Å²) in [6.45, 7) is 1.76. The molecular weight excluding hydrogens is 248 g/mol. The summed E-state index contributed by atoms with van der Waals surface area (Å²) in [5.41, 5.74) is 0. The summed E-state index contributed by atoms with van der Waals surface area (Å²) in [5.74, 6) is 1.28. The van der Waals surface area contributed by atoms with Crippen molar-refractivity contribution >= 4 is 16.9 Å². The van der Waals surface area contributed by atoms with Crippen molar-refractivity contribution in [3.8, 4) is 0 Å². The second-order valence-electron chi connectivity index (χ2n) is 4.82. The highest BCUT2D eigenvalue weighted by molar-refractivity contribution is 8.13. The maximum Gasteiger partial charge on any atom is 0.237 e. The molecule has 3 rings (SSSR count). The Kier molecular flexibility index (Phi) is 3.83. The van der Waals surface area contributed by atoms with Gasteiger partial charge in [-0.25, -0.2) is 0 Å². The lowest BCUT2D eigenvalue weighted by molar-refractivity contribution is 0.334. The third-order valence-corrected chi connectivity index (χ3v) is 4.27. The van der Waals surface area contributed by atoms with Gasteiger partial charge in [0.15, 0.2) is 5.17 Å². The van der Waals surface area contributed by atoms with Gasteiger partial charge >= 0.3 is 0 Å². The van der Waals surface area contributed by atoms with Crippen LogP contribution < -0.4 is 5.32 Å². The number of thioether (sulfide) groups is 1. The van der Waals surface area contributed by atoms with Gasteiger partial charge in [0.1, 0.15) is 0 Å². The molecule has 18 heavy (non-hydrogen) atoms. The predicted molar refractivity (Wildman–Crippen MR) is 70.9 cm³/mol. The van der Waals surface area contributed by atoms with E-state index in [4.69, 9.17) is 4.52 Å². The predicted octanol–water partition coefficient (Wildman–Crippen LogP) is 2.56. The zero-order chi connectivity index (χ0) is 12.2. The standard InChI is InChI=1S/C12H18N4OS/c1-2-4-6-9(5-3-1)10-15-12(16-17-10)18-11-13-7-8-14-11/h9H,1-8H2,(H,13,14). The number of hydrogen-bond acceptors (Lipinski definition) is 6. The summed E-state index contributed by atoms with van der Waals surface area (Å²) >= 11 is 1.46. The number of aliphatic imine (C=N–C) groups is 1. The minimum Gasteiger partial charge on any atom is -0.363 e. The molecule has 1 N–H and O–H groups in total. The maximum atomic E-state index is 5.41. The van der Waals surface area contributed by atoms with E-state index in [2.05, 4.69) is 20.4 Å². The Morgan fingerprint density at radius 1 is 1.17 bits per heavy atom. The first-order valence-electron chi connectivity index (χ1n) is 6.71. The fraction of sp³-hybridized carbons (Fsp3) is 0.750. The molecule has 0 saturated heterocycles. The number of nitrogens with one attached hydrogen (secondary N) is 1. The van der Waals surface area contributed by atoms with Crippen LogP contribution in [0.3, 0.4) is 0 Å². The van der Waals surface area contributed by atoms with E-state index in [0.29, 0.717) is 11.1 Å². The third-order valence-electron chi connectivity index (χ3n) is 3.46. The Bertz CT molecular complexity index is 423. The highest BCUT2D eigenvalue weighted by Gasteiger charge is 2.21. The number of hydrogen-bond donors (Lipinski definition) is 1. The molecule has 0 atom stereocenters. The molecule has 1 aromatic heterocycles. The lowest BCUT2D eigenvalue weighted by Gasteiger charge is -2.06. The van der Waals surface area contributed by atoms with Crippen molar-refractivity contribution in [2.24, 2.45) is 4.99 Å². The molecule has 0 spiro atoms. The van der Waals surface area contributed by atoms with Crippen LogP contribution in [0.2, 0.25) is 0 Å². The largest absolute Gasteiger partial charge is 0.363 e. The second kappa shape index (κ2) is 5.73. The molecule has 2 aliphatic rings. The Hall–Kier alpha value is -1.04. The summed E-state index contributed by atoms with van der Waals surface area (Å²) in [7, 11) is 0. The molecule has 98 valence electrons. The van der Waals surface area contributed by atoms with Crippen LogP contribution in [0.15, 0.2) is 14.7 Å². The molecular formula is C12H18N4OS. The van der Waals surface area contributed by atoms with Gasteiger partial charge < -0.3 is 9.84 Å². The number of aromatic nitrogens is 2. The van der Waals surface area contributed by atoms with Crippen molar-refractivity contribution in [3.63, 3.8) is 0 Å². The molecule has 0 bridgehead atoms. The average Bonchev–Trinajstić information content (AvgIpc) is 2.97. The molecule has 0 radical (unpaired) electrons. The molecule has 1 fully saturated rings. The van der Waals surface area contributed by atoms with E-state index in [9.17, 15) is 0 Å². The molecule has 2 heterocycles. The summed E-state index contributed by atoms with van der Waals surface area (Å²) in [6.07, 6.45) is 7.62. The molecule has 0 unspecified atom stereocenters. The van der Waals surface area contributed by atoms with Gasteiger partial charge in [0.05, 0.1) is 6.54 Å². The third kappa shape index (κ3) is 2.85.